The summed E-state index contributed by atoms with van der Waals surface area (Å²) in [6.45, 7) is 2.44. The lowest BCUT2D eigenvalue weighted by Crippen LogP contribution is -2.17. The Morgan fingerprint density at radius 2 is 1.90 bits per heavy atom. The average molecular weight is 154 g/mol. The number of rotatable bonds is 2. The van der Waals surface area contributed by atoms with Crippen LogP contribution in [0.25, 0.3) is 0 Å². The van der Waals surface area contributed by atoms with Gasteiger partial charge in [0.05, 0.1) is 6.42 Å². The van der Waals surface area contributed by atoms with E-state index in [4.69, 9.17) is 0 Å². The SMILES string of the molecule is CC(=O)C(C)CC(F)(F)F. The smallest absolute Gasteiger partial charge is 0.300 e. The molecule has 0 N–H and O–H groups in total. The van der Waals surface area contributed by atoms with E-state index in [0.29, 0.717) is 0 Å². The lowest BCUT2D eigenvalue weighted by Gasteiger charge is -2.09. The highest BCUT2D eigenvalue weighted by Crippen LogP contribution is 2.24. The van der Waals surface area contributed by atoms with Gasteiger partial charge in [0.15, 0.2) is 0 Å². The van der Waals surface area contributed by atoms with Crippen molar-refractivity contribution in [2.24, 2.45) is 5.92 Å². The maximum atomic E-state index is 11.5. The molecule has 0 rings (SSSR count). The van der Waals surface area contributed by atoms with Crippen LogP contribution in [0.5, 0.6) is 0 Å². The van der Waals surface area contributed by atoms with E-state index >= 15 is 0 Å². The van der Waals surface area contributed by atoms with Crippen LogP contribution in [0.4, 0.5) is 13.2 Å². The van der Waals surface area contributed by atoms with Crippen LogP contribution in [0.3, 0.4) is 0 Å². The summed E-state index contributed by atoms with van der Waals surface area (Å²) in [6, 6.07) is 0. The number of carbonyl (C=O) groups excluding carboxylic acids is 1. The predicted octanol–water partition coefficient (Wildman–Crippen LogP) is 2.16. The summed E-state index contributed by atoms with van der Waals surface area (Å²) in [5.41, 5.74) is 0. The van der Waals surface area contributed by atoms with Crippen LogP contribution < -0.4 is 0 Å². The van der Waals surface area contributed by atoms with E-state index in [1.165, 1.54) is 6.92 Å². The Hall–Kier alpha value is -0.540. The second-order valence-electron chi connectivity index (χ2n) is 2.33. The van der Waals surface area contributed by atoms with Crippen molar-refractivity contribution >= 4 is 5.78 Å². The van der Waals surface area contributed by atoms with Gasteiger partial charge in [0.25, 0.3) is 0 Å². The Bertz CT molecular complexity index is 127. The molecule has 0 aliphatic heterocycles. The Balaban J connectivity index is 3.80. The van der Waals surface area contributed by atoms with Crippen molar-refractivity contribution in [3.8, 4) is 0 Å². The summed E-state index contributed by atoms with van der Waals surface area (Å²) in [7, 11) is 0. The van der Waals surface area contributed by atoms with Crippen molar-refractivity contribution in [3.05, 3.63) is 0 Å². The molecular formula is C6H9F3O. The summed E-state index contributed by atoms with van der Waals surface area (Å²) in [6.07, 6.45) is -5.23. The van der Waals surface area contributed by atoms with Crippen molar-refractivity contribution in [2.45, 2.75) is 26.4 Å². The van der Waals surface area contributed by atoms with E-state index < -0.39 is 24.3 Å². The van der Waals surface area contributed by atoms with Gasteiger partial charge in [-0.25, -0.2) is 0 Å². The lowest BCUT2D eigenvalue weighted by molar-refractivity contribution is -0.151. The van der Waals surface area contributed by atoms with E-state index in [-0.39, 0.29) is 0 Å². The third kappa shape index (κ3) is 4.35. The summed E-state index contributed by atoms with van der Waals surface area (Å²) in [5.74, 6) is -1.32. The molecule has 0 aliphatic carbocycles. The van der Waals surface area contributed by atoms with Crippen LogP contribution in [0.15, 0.2) is 0 Å². The van der Waals surface area contributed by atoms with Gasteiger partial charge in [-0.05, 0) is 6.92 Å². The molecule has 10 heavy (non-hydrogen) atoms. The number of alkyl halides is 3. The largest absolute Gasteiger partial charge is 0.389 e. The normalized spacial score (nSPS) is 14.9. The van der Waals surface area contributed by atoms with Crippen LogP contribution >= 0.6 is 0 Å². The van der Waals surface area contributed by atoms with E-state index in [2.05, 4.69) is 0 Å². The highest BCUT2D eigenvalue weighted by atomic mass is 19.4. The van der Waals surface area contributed by atoms with E-state index in [1.807, 2.05) is 0 Å². The summed E-state index contributed by atoms with van der Waals surface area (Å²) >= 11 is 0. The molecule has 0 aromatic rings. The maximum Gasteiger partial charge on any atom is 0.389 e. The van der Waals surface area contributed by atoms with Crippen LogP contribution in [0, 0.1) is 5.92 Å². The zero-order valence-electron chi connectivity index (χ0n) is 5.83. The molecular weight excluding hydrogens is 145 g/mol. The van der Waals surface area contributed by atoms with Crippen molar-refractivity contribution < 1.29 is 18.0 Å². The van der Waals surface area contributed by atoms with Crippen molar-refractivity contribution in [3.63, 3.8) is 0 Å². The first-order valence-corrected chi connectivity index (χ1v) is 2.90. The molecule has 0 fully saturated rings. The van der Waals surface area contributed by atoms with Crippen molar-refractivity contribution in [1.29, 1.82) is 0 Å². The maximum absolute atomic E-state index is 11.5. The van der Waals surface area contributed by atoms with E-state index in [1.54, 1.807) is 0 Å². The number of carbonyl (C=O) groups is 1. The van der Waals surface area contributed by atoms with E-state index in [0.717, 1.165) is 6.92 Å². The monoisotopic (exact) mass is 154 g/mol. The molecule has 0 aromatic carbocycles. The molecule has 0 saturated carbocycles. The number of hydrogen-bond donors (Lipinski definition) is 0. The Morgan fingerprint density at radius 1 is 1.50 bits per heavy atom. The van der Waals surface area contributed by atoms with Crippen LogP contribution in [-0.2, 0) is 4.79 Å². The van der Waals surface area contributed by atoms with Gasteiger partial charge in [0.2, 0.25) is 0 Å². The molecule has 0 spiro atoms. The second kappa shape index (κ2) is 3.03. The molecule has 0 heterocycles. The zero-order valence-corrected chi connectivity index (χ0v) is 5.83. The zero-order chi connectivity index (χ0) is 8.36. The van der Waals surface area contributed by atoms with Gasteiger partial charge in [0, 0.05) is 5.92 Å². The quantitative estimate of drug-likeness (QED) is 0.595. The third-order valence-corrected chi connectivity index (χ3v) is 1.23. The van der Waals surface area contributed by atoms with Crippen LogP contribution in [0.2, 0.25) is 0 Å². The van der Waals surface area contributed by atoms with Crippen molar-refractivity contribution in [1.82, 2.24) is 0 Å². The first-order valence-electron chi connectivity index (χ1n) is 2.90. The molecule has 0 saturated heterocycles. The standard InChI is InChI=1S/C6H9F3O/c1-4(5(2)10)3-6(7,8)9/h4H,3H2,1-2H3. The molecule has 0 bridgehead atoms. The molecule has 1 nitrogen and oxygen atoms in total. The molecule has 0 aliphatic rings. The van der Waals surface area contributed by atoms with E-state index in [9.17, 15) is 18.0 Å². The second-order valence-corrected chi connectivity index (χ2v) is 2.33. The predicted molar refractivity (Wildman–Crippen MR) is 30.5 cm³/mol. The van der Waals surface area contributed by atoms with Gasteiger partial charge in [-0.3, -0.25) is 4.79 Å². The fraction of sp³-hybridized carbons (Fsp3) is 0.833. The molecule has 60 valence electrons. The number of hydrogen-bond acceptors (Lipinski definition) is 1. The van der Waals surface area contributed by atoms with Gasteiger partial charge in [-0.1, -0.05) is 6.92 Å². The average Bonchev–Trinajstić information content (AvgIpc) is 1.60. The van der Waals surface area contributed by atoms with Gasteiger partial charge in [0.1, 0.15) is 5.78 Å². The number of Topliss-reactive ketones (excluding diaryl/α,β-unsaturated/α-hetero) is 1. The minimum atomic E-state index is -4.22. The van der Waals surface area contributed by atoms with Gasteiger partial charge in [-0.15, -0.1) is 0 Å². The van der Waals surface area contributed by atoms with Crippen LogP contribution in [0.1, 0.15) is 20.3 Å². The Morgan fingerprint density at radius 3 is 2.00 bits per heavy atom. The van der Waals surface area contributed by atoms with Gasteiger partial charge >= 0.3 is 6.18 Å². The first-order chi connectivity index (χ1) is 4.33. The summed E-state index contributed by atoms with van der Waals surface area (Å²) in [4.78, 5) is 10.3. The van der Waals surface area contributed by atoms with Gasteiger partial charge < -0.3 is 0 Å². The third-order valence-electron chi connectivity index (χ3n) is 1.23. The topological polar surface area (TPSA) is 17.1 Å². The van der Waals surface area contributed by atoms with Crippen LogP contribution in [-0.4, -0.2) is 12.0 Å². The molecule has 0 aromatic heterocycles. The number of halogens is 3. The molecule has 1 atom stereocenters. The molecule has 1 unspecified atom stereocenters. The molecule has 4 heteroatoms. The summed E-state index contributed by atoms with van der Waals surface area (Å²) in [5, 5.41) is 0. The summed E-state index contributed by atoms with van der Waals surface area (Å²) < 4.78 is 34.5. The van der Waals surface area contributed by atoms with Gasteiger partial charge in [-0.2, -0.15) is 13.2 Å². The minimum absolute atomic E-state index is 0.419. The minimum Gasteiger partial charge on any atom is -0.300 e. The first kappa shape index (κ1) is 9.46. The Labute approximate surface area is 57.2 Å². The number of ketones is 1. The highest BCUT2D eigenvalue weighted by molar-refractivity contribution is 5.77. The molecule has 0 amide bonds. The Kier molecular flexibility index (Phi) is 2.87. The highest BCUT2D eigenvalue weighted by Gasteiger charge is 2.31. The fourth-order valence-electron chi connectivity index (χ4n) is 0.491. The van der Waals surface area contributed by atoms with Crippen molar-refractivity contribution in [2.75, 3.05) is 0 Å². The lowest BCUT2D eigenvalue weighted by atomic mass is 10.0. The fourth-order valence-corrected chi connectivity index (χ4v) is 0.491. The molecule has 0 radical (unpaired) electrons.